The SMILES string of the molecule is O=C1CCN(CC(=O)N2CCCCC2c2ccc(C(F)(F)F)cc2)C(=O)N1. The number of piperidine rings is 1. The predicted molar refractivity (Wildman–Crippen MR) is 89.5 cm³/mol. The van der Waals surface area contributed by atoms with Gasteiger partial charge in [0, 0.05) is 19.5 Å². The average Bonchev–Trinajstić information content (AvgIpc) is 2.63. The molecule has 0 radical (unpaired) electrons. The highest BCUT2D eigenvalue weighted by molar-refractivity contribution is 5.98. The van der Waals surface area contributed by atoms with Crippen molar-refractivity contribution < 1.29 is 27.6 Å². The summed E-state index contributed by atoms with van der Waals surface area (Å²) in [6.07, 6.45) is -1.94. The number of hydrogen-bond acceptors (Lipinski definition) is 3. The Labute approximate surface area is 154 Å². The molecule has 2 aliphatic heterocycles. The number of imide groups is 1. The molecule has 2 fully saturated rings. The maximum absolute atomic E-state index is 12.8. The molecular formula is C18H20F3N3O3. The maximum atomic E-state index is 12.8. The minimum atomic E-state index is -4.40. The van der Waals surface area contributed by atoms with Gasteiger partial charge in [-0.2, -0.15) is 13.2 Å². The third kappa shape index (κ3) is 4.40. The van der Waals surface area contributed by atoms with Crippen LogP contribution in [0.1, 0.15) is 42.9 Å². The van der Waals surface area contributed by atoms with E-state index < -0.39 is 17.8 Å². The topological polar surface area (TPSA) is 69.7 Å². The van der Waals surface area contributed by atoms with Crippen LogP contribution in [0.5, 0.6) is 0 Å². The van der Waals surface area contributed by atoms with Gasteiger partial charge in [0.05, 0.1) is 11.6 Å². The van der Waals surface area contributed by atoms with Gasteiger partial charge in [-0.15, -0.1) is 0 Å². The molecule has 1 aromatic rings. The molecule has 1 aromatic carbocycles. The van der Waals surface area contributed by atoms with Gasteiger partial charge in [0.25, 0.3) is 0 Å². The third-order valence-corrected chi connectivity index (χ3v) is 4.91. The molecule has 0 aliphatic carbocycles. The minimum Gasteiger partial charge on any atom is -0.334 e. The van der Waals surface area contributed by atoms with Crippen LogP contribution < -0.4 is 5.32 Å². The van der Waals surface area contributed by atoms with Crippen LogP contribution in [0.3, 0.4) is 0 Å². The van der Waals surface area contributed by atoms with Crippen LogP contribution in [0, 0.1) is 0 Å². The van der Waals surface area contributed by atoms with E-state index in [-0.39, 0.29) is 37.4 Å². The molecule has 2 saturated heterocycles. The fourth-order valence-electron chi connectivity index (χ4n) is 3.47. The number of hydrogen-bond donors (Lipinski definition) is 1. The van der Waals surface area contributed by atoms with Gasteiger partial charge in [-0.3, -0.25) is 14.9 Å². The number of nitrogens with one attached hydrogen (secondary N) is 1. The smallest absolute Gasteiger partial charge is 0.334 e. The Bertz CT molecular complexity index is 734. The molecule has 0 spiro atoms. The Morgan fingerprint density at radius 2 is 1.81 bits per heavy atom. The molecular weight excluding hydrogens is 363 g/mol. The van der Waals surface area contributed by atoms with Crippen LogP contribution in [0.2, 0.25) is 0 Å². The first-order chi connectivity index (χ1) is 12.8. The molecule has 1 unspecified atom stereocenters. The zero-order valence-electron chi connectivity index (χ0n) is 14.6. The monoisotopic (exact) mass is 383 g/mol. The van der Waals surface area contributed by atoms with Crippen molar-refractivity contribution in [3.05, 3.63) is 35.4 Å². The molecule has 0 saturated carbocycles. The summed E-state index contributed by atoms with van der Waals surface area (Å²) in [5, 5.41) is 2.17. The Hall–Kier alpha value is -2.58. The van der Waals surface area contributed by atoms with Crippen LogP contribution in [-0.4, -0.2) is 47.3 Å². The van der Waals surface area contributed by atoms with Gasteiger partial charge in [-0.1, -0.05) is 12.1 Å². The van der Waals surface area contributed by atoms with Crippen molar-refractivity contribution in [1.29, 1.82) is 0 Å². The first-order valence-corrected chi connectivity index (χ1v) is 8.81. The highest BCUT2D eigenvalue weighted by Crippen LogP contribution is 2.34. The summed E-state index contributed by atoms with van der Waals surface area (Å²) in [7, 11) is 0. The molecule has 1 atom stereocenters. The lowest BCUT2D eigenvalue weighted by Crippen LogP contribution is -2.53. The van der Waals surface area contributed by atoms with Crippen LogP contribution in [0.15, 0.2) is 24.3 Å². The lowest BCUT2D eigenvalue weighted by atomic mass is 9.94. The quantitative estimate of drug-likeness (QED) is 0.873. The number of benzene rings is 1. The summed E-state index contributed by atoms with van der Waals surface area (Å²) in [4.78, 5) is 38.7. The van der Waals surface area contributed by atoms with E-state index in [1.165, 1.54) is 17.0 Å². The van der Waals surface area contributed by atoms with Crippen molar-refractivity contribution in [3.8, 4) is 0 Å². The minimum absolute atomic E-state index is 0.140. The second-order valence-corrected chi connectivity index (χ2v) is 6.74. The molecule has 6 nitrogen and oxygen atoms in total. The Kier molecular flexibility index (Phi) is 5.38. The largest absolute Gasteiger partial charge is 0.416 e. The van der Waals surface area contributed by atoms with Gasteiger partial charge in [0.2, 0.25) is 11.8 Å². The molecule has 9 heteroatoms. The molecule has 146 valence electrons. The number of carbonyl (C=O) groups is 3. The standard InChI is InChI=1S/C18H20F3N3O3/c19-18(20,21)13-6-4-12(5-7-13)14-3-1-2-9-24(14)16(26)11-23-10-8-15(25)22-17(23)27/h4-7,14H,1-3,8-11H2,(H,22,25,27). The Balaban J connectivity index is 1.72. The number of urea groups is 1. The van der Waals surface area contributed by atoms with E-state index in [1.54, 1.807) is 4.90 Å². The van der Waals surface area contributed by atoms with Gasteiger partial charge >= 0.3 is 12.2 Å². The van der Waals surface area contributed by atoms with E-state index in [1.807, 2.05) is 0 Å². The second kappa shape index (κ2) is 7.58. The first kappa shape index (κ1) is 19.2. The molecule has 27 heavy (non-hydrogen) atoms. The van der Waals surface area contributed by atoms with Gasteiger partial charge in [0.15, 0.2) is 0 Å². The van der Waals surface area contributed by atoms with Gasteiger partial charge in [-0.05, 0) is 37.0 Å². The zero-order chi connectivity index (χ0) is 19.6. The molecule has 1 N–H and O–H groups in total. The molecule has 0 bridgehead atoms. The highest BCUT2D eigenvalue weighted by Gasteiger charge is 2.33. The van der Waals surface area contributed by atoms with E-state index in [4.69, 9.17) is 0 Å². The highest BCUT2D eigenvalue weighted by atomic mass is 19.4. The van der Waals surface area contributed by atoms with Crippen molar-refractivity contribution in [3.63, 3.8) is 0 Å². The van der Waals surface area contributed by atoms with Crippen molar-refractivity contribution in [2.75, 3.05) is 19.6 Å². The van der Waals surface area contributed by atoms with E-state index in [0.717, 1.165) is 25.0 Å². The zero-order valence-corrected chi connectivity index (χ0v) is 14.6. The maximum Gasteiger partial charge on any atom is 0.416 e. The van der Waals surface area contributed by atoms with E-state index >= 15 is 0 Å². The summed E-state index contributed by atoms with van der Waals surface area (Å²) in [5.74, 6) is -0.645. The Morgan fingerprint density at radius 1 is 1.11 bits per heavy atom. The Morgan fingerprint density at radius 3 is 2.44 bits per heavy atom. The van der Waals surface area contributed by atoms with E-state index in [0.29, 0.717) is 18.5 Å². The number of carbonyl (C=O) groups excluding carboxylic acids is 3. The molecule has 3 rings (SSSR count). The lowest BCUT2D eigenvalue weighted by Gasteiger charge is -2.38. The first-order valence-electron chi connectivity index (χ1n) is 8.81. The van der Waals surface area contributed by atoms with Crippen LogP contribution in [-0.2, 0) is 15.8 Å². The molecule has 4 amide bonds. The van der Waals surface area contributed by atoms with Gasteiger partial charge in [-0.25, -0.2) is 4.79 Å². The normalized spacial score (nSPS) is 21.2. The summed E-state index contributed by atoms with van der Waals surface area (Å²) < 4.78 is 38.3. The van der Waals surface area contributed by atoms with Crippen molar-refractivity contribution in [1.82, 2.24) is 15.1 Å². The number of nitrogens with zero attached hydrogens (tertiary/aromatic N) is 2. The number of likely N-dealkylation sites (tertiary alicyclic amines) is 1. The summed E-state index contributed by atoms with van der Waals surface area (Å²) in [5.41, 5.74) is -0.0797. The molecule has 0 aromatic heterocycles. The van der Waals surface area contributed by atoms with Crippen LogP contribution in [0.4, 0.5) is 18.0 Å². The summed E-state index contributed by atoms with van der Waals surface area (Å²) in [6, 6.07) is 3.95. The fourth-order valence-corrected chi connectivity index (χ4v) is 3.47. The van der Waals surface area contributed by atoms with Crippen molar-refractivity contribution in [2.24, 2.45) is 0 Å². The fraction of sp³-hybridized carbons (Fsp3) is 0.500. The average molecular weight is 383 g/mol. The van der Waals surface area contributed by atoms with Gasteiger partial charge in [0.1, 0.15) is 6.54 Å². The summed E-state index contributed by atoms with van der Waals surface area (Å²) >= 11 is 0. The second-order valence-electron chi connectivity index (χ2n) is 6.74. The summed E-state index contributed by atoms with van der Waals surface area (Å²) in [6.45, 7) is 0.504. The van der Waals surface area contributed by atoms with Crippen LogP contribution >= 0.6 is 0 Å². The third-order valence-electron chi connectivity index (χ3n) is 4.91. The molecule has 2 heterocycles. The van der Waals surface area contributed by atoms with Gasteiger partial charge < -0.3 is 9.80 Å². The van der Waals surface area contributed by atoms with Crippen molar-refractivity contribution >= 4 is 17.8 Å². The molecule has 2 aliphatic rings. The number of halogens is 3. The number of rotatable bonds is 3. The van der Waals surface area contributed by atoms with E-state index in [2.05, 4.69) is 5.32 Å². The number of amides is 4. The van der Waals surface area contributed by atoms with Crippen LogP contribution in [0.25, 0.3) is 0 Å². The van der Waals surface area contributed by atoms with E-state index in [9.17, 15) is 27.6 Å². The van der Waals surface area contributed by atoms with Crippen molar-refractivity contribution in [2.45, 2.75) is 37.9 Å². The predicted octanol–water partition coefficient (Wildman–Crippen LogP) is 2.70. The number of alkyl halides is 3. The lowest BCUT2D eigenvalue weighted by molar-refractivity contribution is -0.138.